The number of nitrogens with one attached hydrogen (secondary N) is 1. The smallest absolute Gasteiger partial charge is 0.225 e. The Morgan fingerprint density at radius 2 is 2.05 bits per heavy atom. The highest BCUT2D eigenvalue weighted by molar-refractivity contribution is 7.18. The lowest BCUT2D eigenvalue weighted by Gasteiger charge is -2.07. The summed E-state index contributed by atoms with van der Waals surface area (Å²) >= 11 is 9.38. The summed E-state index contributed by atoms with van der Waals surface area (Å²) in [4.78, 5) is 10.7. The molecule has 0 unspecified atom stereocenters. The maximum Gasteiger partial charge on any atom is 0.225 e. The Labute approximate surface area is 134 Å². The SMILES string of the molecule is Cc1cc2c(Nc3ccc4sccc4c3)nc(Cl)nc2s1. The summed E-state index contributed by atoms with van der Waals surface area (Å²) in [5.74, 6) is 0.754. The van der Waals surface area contributed by atoms with Crippen LogP contribution in [-0.2, 0) is 0 Å². The minimum Gasteiger partial charge on any atom is -0.340 e. The van der Waals surface area contributed by atoms with Crippen LogP contribution in [0.2, 0.25) is 5.28 Å². The fourth-order valence-corrected chi connectivity index (χ4v) is 4.16. The van der Waals surface area contributed by atoms with Gasteiger partial charge in [0.2, 0.25) is 5.28 Å². The van der Waals surface area contributed by atoms with Crippen LogP contribution in [0.4, 0.5) is 11.5 Å². The minimum absolute atomic E-state index is 0.267. The highest BCUT2D eigenvalue weighted by atomic mass is 35.5. The molecule has 21 heavy (non-hydrogen) atoms. The molecule has 0 aliphatic rings. The van der Waals surface area contributed by atoms with Crippen molar-refractivity contribution in [2.75, 3.05) is 5.32 Å². The zero-order valence-corrected chi connectivity index (χ0v) is 13.4. The Bertz CT molecular complexity index is 958. The number of rotatable bonds is 2. The molecule has 3 heterocycles. The average molecular weight is 332 g/mol. The van der Waals surface area contributed by atoms with Crippen molar-refractivity contribution >= 4 is 66.1 Å². The minimum atomic E-state index is 0.267. The van der Waals surface area contributed by atoms with Gasteiger partial charge in [-0.1, -0.05) is 0 Å². The summed E-state index contributed by atoms with van der Waals surface area (Å²) in [6, 6.07) is 10.5. The van der Waals surface area contributed by atoms with Crippen LogP contribution < -0.4 is 5.32 Å². The zero-order valence-electron chi connectivity index (χ0n) is 11.1. The molecule has 0 bridgehead atoms. The number of nitrogens with zero attached hydrogens (tertiary/aromatic N) is 2. The molecule has 0 fully saturated rings. The first kappa shape index (κ1) is 13.0. The van der Waals surface area contributed by atoms with Crippen molar-refractivity contribution in [1.82, 2.24) is 9.97 Å². The monoisotopic (exact) mass is 331 g/mol. The van der Waals surface area contributed by atoms with Crippen LogP contribution in [0, 0.1) is 6.92 Å². The van der Waals surface area contributed by atoms with Crippen molar-refractivity contribution in [2.45, 2.75) is 6.92 Å². The number of hydrogen-bond acceptors (Lipinski definition) is 5. The standard InChI is InChI=1S/C15H10ClN3S2/c1-8-6-11-13(18-15(16)19-14(11)21-8)17-10-2-3-12-9(7-10)4-5-20-12/h2-7H,1H3,(H,17,18,19). The van der Waals surface area contributed by atoms with Gasteiger partial charge in [0, 0.05) is 15.3 Å². The molecule has 0 aliphatic heterocycles. The van der Waals surface area contributed by atoms with Crippen molar-refractivity contribution in [3.05, 3.63) is 45.9 Å². The summed E-state index contributed by atoms with van der Waals surface area (Å²) in [7, 11) is 0. The third-order valence-electron chi connectivity index (χ3n) is 3.20. The van der Waals surface area contributed by atoms with Crippen molar-refractivity contribution < 1.29 is 0 Å². The number of aromatic nitrogens is 2. The highest BCUT2D eigenvalue weighted by Gasteiger charge is 2.10. The molecule has 1 aromatic carbocycles. The van der Waals surface area contributed by atoms with Gasteiger partial charge in [-0.2, -0.15) is 4.98 Å². The molecule has 0 atom stereocenters. The molecule has 3 aromatic heterocycles. The van der Waals surface area contributed by atoms with E-state index in [2.05, 4.69) is 57.9 Å². The Balaban J connectivity index is 1.82. The van der Waals surface area contributed by atoms with E-state index in [9.17, 15) is 0 Å². The Hall–Kier alpha value is -1.69. The van der Waals surface area contributed by atoms with Gasteiger partial charge in [0.15, 0.2) is 0 Å². The van der Waals surface area contributed by atoms with Gasteiger partial charge in [0.05, 0.1) is 5.39 Å². The average Bonchev–Trinajstić information content (AvgIpc) is 3.03. The van der Waals surface area contributed by atoms with Crippen molar-refractivity contribution in [2.24, 2.45) is 0 Å². The first-order valence-corrected chi connectivity index (χ1v) is 8.44. The molecule has 6 heteroatoms. The predicted octanol–water partition coefficient (Wildman–Crippen LogP) is 5.61. The van der Waals surface area contributed by atoms with Gasteiger partial charge in [0.1, 0.15) is 10.6 Å². The molecule has 4 aromatic rings. The van der Waals surface area contributed by atoms with Crippen LogP contribution in [0.25, 0.3) is 20.3 Å². The highest BCUT2D eigenvalue weighted by Crippen LogP contribution is 2.32. The van der Waals surface area contributed by atoms with Gasteiger partial charge >= 0.3 is 0 Å². The zero-order chi connectivity index (χ0) is 14.4. The van der Waals surface area contributed by atoms with Gasteiger partial charge < -0.3 is 5.32 Å². The second-order valence-electron chi connectivity index (χ2n) is 4.72. The van der Waals surface area contributed by atoms with Gasteiger partial charge in [-0.25, -0.2) is 4.98 Å². The maximum absolute atomic E-state index is 6.02. The molecule has 3 nitrogen and oxygen atoms in total. The summed E-state index contributed by atoms with van der Waals surface area (Å²) in [6.45, 7) is 2.06. The summed E-state index contributed by atoms with van der Waals surface area (Å²) in [5, 5.41) is 7.95. The van der Waals surface area contributed by atoms with Crippen LogP contribution in [0.15, 0.2) is 35.7 Å². The molecule has 0 aliphatic carbocycles. The molecule has 1 N–H and O–H groups in total. The van der Waals surface area contributed by atoms with Crippen molar-refractivity contribution in [3.8, 4) is 0 Å². The van der Waals surface area contributed by atoms with E-state index in [0.29, 0.717) is 0 Å². The molecule has 4 rings (SSSR count). The number of anilines is 2. The van der Waals surface area contributed by atoms with Crippen molar-refractivity contribution in [1.29, 1.82) is 0 Å². The van der Waals surface area contributed by atoms with Crippen molar-refractivity contribution in [3.63, 3.8) is 0 Å². The van der Waals surface area contributed by atoms with Crippen LogP contribution in [0.5, 0.6) is 0 Å². The van der Waals surface area contributed by atoms with E-state index in [1.54, 1.807) is 22.7 Å². The molecular formula is C15H10ClN3S2. The van der Waals surface area contributed by atoms with Gasteiger partial charge in [0.25, 0.3) is 0 Å². The largest absolute Gasteiger partial charge is 0.340 e. The Kier molecular flexibility index (Phi) is 3.06. The first-order valence-electron chi connectivity index (χ1n) is 6.37. The van der Waals surface area contributed by atoms with E-state index in [4.69, 9.17) is 11.6 Å². The fraction of sp³-hybridized carbons (Fsp3) is 0.0667. The lowest BCUT2D eigenvalue weighted by atomic mass is 10.2. The molecule has 0 radical (unpaired) electrons. The molecule has 0 saturated carbocycles. The van der Waals surface area contributed by atoms with Crippen LogP contribution in [0.3, 0.4) is 0 Å². The summed E-state index contributed by atoms with van der Waals surface area (Å²) in [6.07, 6.45) is 0. The van der Waals surface area contributed by atoms with E-state index >= 15 is 0 Å². The lowest BCUT2D eigenvalue weighted by molar-refractivity contribution is 1.23. The second kappa shape index (κ2) is 4.94. The second-order valence-corrected chi connectivity index (χ2v) is 7.24. The quantitative estimate of drug-likeness (QED) is 0.485. The molecule has 0 saturated heterocycles. The lowest BCUT2D eigenvalue weighted by Crippen LogP contribution is -1.95. The number of hydrogen-bond donors (Lipinski definition) is 1. The van der Waals surface area contributed by atoms with E-state index in [1.165, 1.54) is 15.0 Å². The maximum atomic E-state index is 6.02. The van der Waals surface area contributed by atoms with Gasteiger partial charge in [-0.05, 0) is 59.6 Å². The van der Waals surface area contributed by atoms with Gasteiger partial charge in [-0.3, -0.25) is 0 Å². The van der Waals surface area contributed by atoms with E-state index in [1.807, 2.05) is 0 Å². The number of aryl methyl sites for hydroxylation is 1. The van der Waals surface area contributed by atoms with E-state index < -0.39 is 0 Å². The van der Waals surface area contributed by atoms with Gasteiger partial charge in [-0.15, -0.1) is 22.7 Å². The first-order chi connectivity index (χ1) is 10.2. The molecular weight excluding hydrogens is 322 g/mol. The fourth-order valence-electron chi connectivity index (χ4n) is 2.29. The Morgan fingerprint density at radius 1 is 1.14 bits per heavy atom. The van der Waals surface area contributed by atoms with Crippen LogP contribution >= 0.6 is 34.3 Å². The molecule has 0 amide bonds. The number of fused-ring (bicyclic) bond motifs is 2. The number of halogens is 1. The number of thiophene rings is 2. The topological polar surface area (TPSA) is 37.8 Å². The third-order valence-corrected chi connectivity index (χ3v) is 5.22. The van der Waals surface area contributed by atoms with E-state index in [-0.39, 0.29) is 5.28 Å². The predicted molar refractivity (Wildman–Crippen MR) is 92.3 cm³/mol. The number of benzene rings is 1. The molecule has 0 spiro atoms. The Morgan fingerprint density at radius 3 is 2.95 bits per heavy atom. The van der Waals surface area contributed by atoms with E-state index in [0.717, 1.165) is 21.7 Å². The normalized spacial score (nSPS) is 11.3. The van der Waals surface area contributed by atoms with Crippen LogP contribution in [0.1, 0.15) is 4.88 Å². The molecule has 104 valence electrons. The van der Waals surface area contributed by atoms with Crippen LogP contribution in [-0.4, -0.2) is 9.97 Å². The third kappa shape index (κ3) is 2.37. The summed E-state index contributed by atoms with van der Waals surface area (Å²) in [5.41, 5.74) is 1.00. The summed E-state index contributed by atoms with van der Waals surface area (Å²) < 4.78 is 1.28.